The molecule has 1 unspecified atom stereocenters. The second-order valence-corrected chi connectivity index (χ2v) is 8.62. The Morgan fingerprint density at radius 2 is 2.00 bits per heavy atom. The maximum Gasteiger partial charge on any atom is 0.129 e. The van der Waals surface area contributed by atoms with Gasteiger partial charge < -0.3 is 9.84 Å². The molecule has 0 aliphatic carbocycles. The number of hydrogen-bond donors (Lipinski definition) is 1. The van der Waals surface area contributed by atoms with Crippen molar-refractivity contribution in [2.75, 3.05) is 13.7 Å². The third-order valence-corrected chi connectivity index (χ3v) is 2.09. The molecule has 70 valence electrons. The molecule has 0 aromatic heterocycles. The van der Waals surface area contributed by atoms with E-state index in [1.54, 1.807) is 7.11 Å². The van der Waals surface area contributed by atoms with E-state index in [-0.39, 0.29) is 0 Å². The van der Waals surface area contributed by atoms with Crippen LogP contribution < -0.4 is 0 Å². The van der Waals surface area contributed by atoms with Crippen molar-refractivity contribution >= 4 is 8.07 Å². The van der Waals surface area contributed by atoms with E-state index in [2.05, 4.69) is 31.1 Å². The van der Waals surface area contributed by atoms with Gasteiger partial charge in [-0.05, 0) is 0 Å². The zero-order chi connectivity index (χ0) is 9.61. The van der Waals surface area contributed by atoms with Gasteiger partial charge in [0.1, 0.15) is 8.07 Å². The Labute approximate surface area is 75.9 Å². The molecule has 2 nitrogen and oxygen atoms in total. The standard InChI is InChI=1S/C9H18O2Si/c1-11-8-9(10)6-5-7-12(2,3)4/h9-10H,6,8H2,1-4H3. The molecule has 0 aliphatic rings. The fourth-order valence-corrected chi connectivity index (χ4v) is 1.32. The SMILES string of the molecule is COCC(O)CC#C[Si](C)(C)C. The van der Waals surface area contributed by atoms with Crippen molar-refractivity contribution in [1.82, 2.24) is 0 Å². The van der Waals surface area contributed by atoms with Crippen LogP contribution in [0.1, 0.15) is 6.42 Å². The summed E-state index contributed by atoms with van der Waals surface area (Å²) < 4.78 is 4.78. The number of ether oxygens (including phenoxy) is 1. The first-order valence-corrected chi connectivity index (χ1v) is 7.63. The van der Waals surface area contributed by atoms with E-state index in [0.717, 1.165) is 0 Å². The highest BCUT2D eigenvalue weighted by Gasteiger charge is 2.07. The average molecular weight is 186 g/mol. The highest BCUT2D eigenvalue weighted by atomic mass is 28.3. The molecule has 0 amide bonds. The van der Waals surface area contributed by atoms with E-state index in [9.17, 15) is 5.11 Å². The van der Waals surface area contributed by atoms with Gasteiger partial charge in [0.2, 0.25) is 0 Å². The summed E-state index contributed by atoms with van der Waals surface area (Å²) in [6.07, 6.45) is 0.0943. The summed E-state index contributed by atoms with van der Waals surface area (Å²) in [4.78, 5) is 0. The van der Waals surface area contributed by atoms with E-state index in [4.69, 9.17) is 4.74 Å². The molecule has 0 rings (SSSR count). The molecule has 0 saturated carbocycles. The highest BCUT2D eigenvalue weighted by Crippen LogP contribution is 1.97. The van der Waals surface area contributed by atoms with Crippen LogP contribution in [0.4, 0.5) is 0 Å². The second-order valence-electron chi connectivity index (χ2n) is 3.87. The van der Waals surface area contributed by atoms with Crippen molar-refractivity contribution in [2.45, 2.75) is 32.2 Å². The summed E-state index contributed by atoms with van der Waals surface area (Å²) in [5, 5.41) is 9.23. The van der Waals surface area contributed by atoms with Crippen molar-refractivity contribution in [1.29, 1.82) is 0 Å². The molecule has 0 bridgehead atoms. The minimum absolute atomic E-state index is 0.375. The van der Waals surface area contributed by atoms with Crippen molar-refractivity contribution < 1.29 is 9.84 Å². The van der Waals surface area contributed by atoms with Crippen LogP contribution >= 0.6 is 0 Å². The third-order valence-electron chi connectivity index (χ3n) is 1.16. The monoisotopic (exact) mass is 186 g/mol. The van der Waals surface area contributed by atoms with Gasteiger partial charge in [-0.25, -0.2) is 0 Å². The molecule has 1 atom stereocenters. The van der Waals surface area contributed by atoms with E-state index in [0.29, 0.717) is 13.0 Å². The molecule has 0 aliphatic heterocycles. The van der Waals surface area contributed by atoms with Crippen LogP contribution in [-0.2, 0) is 4.74 Å². The van der Waals surface area contributed by atoms with Crippen LogP contribution in [0.15, 0.2) is 0 Å². The molecule has 0 spiro atoms. The maximum atomic E-state index is 9.23. The van der Waals surface area contributed by atoms with E-state index in [1.165, 1.54) is 0 Å². The summed E-state index contributed by atoms with van der Waals surface area (Å²) in [6.45, 7) is 6.93. The largest absolute Gasteiger partial charge is 0.390 e. The topological polar surface area (TPSA) is 29.5 Å². The van der Waals surface area contributed by atoms with Gasteiger partial charge >= 0.3 is 0 Å². The Kier molecular flexibility index (Phi) is 5.23. The molecule has 3 heteroatoms. The number of rotatable bonds is 3. The lowest BCUT2D eigenvalue weighted by Crippen LogP contribution is -2.17. The average Bonchev–Trinajstić information content (AvgIpc) is 1.84. The van der Waals surface area contributed by atoms with Gasteiger partial charge in [-0.1, -0.05) is 19.6 Å². The van der Waals surface area contributed by atoms with Crippen LogP contribution in [0.25, 0.3) is 0 Å². The summed E-state index contributed by atoms with van der Waals surface area (Å²) in [6, 6.07) is 0. The highest BCUT2D eigenvalue weighted by molar-refractivity contribution is 6.83. The molecular weight excluding hydrogens is 168 g/mol. The Hall–Kier alpha value is -0.303. The Morgan fingerprint density at radius 3 is 2.42 bits per heavy atom. The molecule has 0 saturated heterocycles. The molecule has 1 N–H and O–H groups in total. The molecule has 12 heavy (non-hydrogen) atoms. The van der Waals surface area contributed by atoms with Crippen LogP contribution in [0, 0.1) is 11.5 Å². The first-order chi connectivity index (χ1) is 5.45. The molecule has 0 heterocycles. The lowest BCUT2D eigenvalue weighted by molar-refractivity contribution is 0.0680. The molecular formula is C9H18O2Si. The molecule has 0 fully saturated rings. The molecule has 0 radical (unpaired) electrons. The normalized spacial score (nSPS) is 13.4. The predicted molar refractivity (Wildman–Crippen MR) is 53.6 cm³/mol. The number of hydrogen-bond acceptors (Lipinski definition) is 2. The minimum atomic E-state index is -1.26. The van der Waals surface area contributed by atoms with Gasteiger partial charge in [0.05, 0.1) is 12.7 Å². The minimum Gasteiger partial charge on any atom is -0.390 e. The summed E-state index contributed by atoms with van der Waals surface area (Å²) >= 11 is 0. The summed E-state index contributed by atoms with van der Waals surface area (Å²) in [5.41, 5.74) is 3.18. The second kappa shape index (κ2) is 5.36. The molecule has 0 aromatic rings. The van der Waals surface area contributed by atoms with Crippen LogP contribution in [-0.4, -0.2) is 33.0 Å². The molecule has 0 aromatic carbocycles. The number of aliphatic hydroxyl groups is 1. The van der Waals surface area contributed by atoms with Crippen molar-refractivity contribution in [2.24, 2.45) is 0 Å². The zero-order valence-corrected chi connectivity index (χ0v) is 9.35. The third kappa shape index (κ3) is 7.80. The van der Waals surface area contributed by atoms with Gasteiger partial charge in [0.25, 0.3) is 0 Å². The maximum absolute atomic E-state index is 9.23. The smallest absolute Gasteiger partial charge is 0.129 e. The lowest BCUT2D eigenvalue weighted by Gasteiger charge is -2.06. The zero-order valence-electron chi connectivity index (χ0n) is 8.35. The van der Waals surface area contributed by atoms with Gasteiger partial charge in [0, 0.05) is 13.5 Å². The lowest BCUT2D eigenvalue weighted by atomic mass is 10.3. The van der Waals surface area contributed by atoms with E-state index < -0.39 is 14.2 Å². The van der Waals surface area contributed by atoms with Crippen LogP contribution in [0.2, 0.25) is 19.6 Å². The van der Waals surface area contributed by atoms with E-state index in [1.807, 2.05) is 0 Å². The van der Waals surface area contributed by atoms with Gasteiger partial charge in [-0.2, -0.15) is 0 Å². The summed E-state index contributed by atoms with van der Waals surface area (Å²) in [5.74, 6) is 2.99. The van der Waals surface area contributed by atoms with Crippen LogP contribution in [0.3, 0.4) is 0 Å². The van der Waals surface area contributed by atoms with Crippen LogP contribution in [0.5, 0.6) is 0 Å². The Morgan fingerprint density at radius 1 is 1.42 bits per heavy atom. The number of methoxy groups -OCH3 is 1. The fourth-order valence-electron chi connectivity index (χ4n) is 0.685. The van der Waals surface area contributed by atoms with Crippen molar-refractivity contribution in [3.63, 3.8) is 0 Å². The quantitative estimate of drug-likeness (QED) is 0.531. The predicted octanol–water partition coefficient (Wildman–Crippen LogP) is 1.26. The fraction of sp³-hybridized carbons (Fsp3) is 0.778. The van der Waals surface area contributed by atoms with Gasteiger partial charge in [-0.3, -0.25) is 0 Å². The Balaban J connectivity index is 3.71. The van der Waals surface area contributed by atoms with Gasteiger partial charge in [0.15, 0.2) is 0 Å². The van der Waals surface area contributed by atoms with Gasteiger partial charge in [-0.15, -0.1) is 11.5 Å². The van der Waals surface area contributed by atoms with Crippen molar-refractivity contribution in [3.8, 4) is 11.5 Å². The first-order valence-electron chi connectivity index (χ1n) is 4.13. The summed E-state index contributed by atoms with van der Waals surface area (Å²) in [7, 11) is 0.318. The van der Waals surface area contributed by atoms with E-state index >= 15 is 0 Å². The van der Waals surface area contributed by atoms with Crippen molar-refractivity contribution in [3.05, 3.63) is 0 Å². The first kappa shape index (κ1) is 11.7. The number of aliphatic hydroxyl groups excluding tert-OH is 1. The Bertz CT molecular complexity index is 173.